The van der Waals surface area contributed by atoms with Crippen molar-refractivity contribution in [2.45, 2.75) is 111 Å². The number of nitrogens with zero attached hydrogens (tertiary/aromatic N) is 1. The van der Waals surface area contributed by atoms with Crippen molar-refractivity contribution in [3.63, 3.8) is 0 Å². The number of rotatable bonds is 7. The minimum Gasteiger partial charge on any atom is -0.481 e. The first-order valence-corrected chi connectivity index (χ1v) is 17.6. The monoisotopic (exact) mass is 586 g/mol. The number of alkyl carbamates (subject to hydrolysis) is 1. The fourth-order valence-corrected chi connectivity index (χ4v) is 12.5. The van der Waals surface area contributed by atoms with Crippen molar-refractivity contribution in [3.05, 3.63) is 0 Å². The maximum absolute atomic E-state index is 13.0. The summed E-state index contributed by atoms with van der Waals surface area (Å²) >= 11 is 0. The number of carboxylic acid groups (broad SMARTS) is 1. The lowest BCUT2D eigenvalue weighted by Gasteiger charge is -2.67. The molecular formula is C35H58N2O5. The highest BCUT2D eigenvalue weighted by atomic mass is 16.6. The molecule has 6 fully saturated rings. The maximum Gasteiger partial charge on any atom is 0.407 e. The van der Waals surface area contributed by atoms with Crippen LogP contribution in [0.5, 0.6) is 0 Å². The summed E-state index contributed by atoms with van der Waals surface area (Å²) in [6.07, 6.45) is 12.9. The summed E-state index contributed by atoms with van der Waals surface area (Å²) < 4.78 is 11.5. The molecule has 238 valence electrons. The SMILES string of the molecule is CC1CCCC2(C)C1CCC1(C)C3CCC4(C(=O)O)CCC(C(C)OC(=O)NCCCN5CCOCC5)C4C3CCC21. The number of carboxylic acids is 1. The van der Waals surface area contributed by atoms with E-state index in [-0.39, 0.29) is 24.0 Å². The zero-order valence-electron chi connectivity index (χ0n) is 26.9. The van der Waals surface area contributed by atoms with Crippen LogP contribution in [-0.2, 0) is 14.3 Å². The van der Waals surface area contributed by atoms with Crippen molar-refractivity contribution >= 4 is 12.1 Å². The number of morpholine rings is 1. The molecule has 7 nitrogen and oxygen atoms in total. The summed E-state index contributed by atoms with van der Waals surface area (Å²) in [4.78, 5) is 28.3. The van der Waals surface area contributed by atoms with Gasteiger partial charge in [-0.2, -0.15) is 0 Å². The Morgan fingerprint density at radius 3 is 2.45 bits per heavy atom. The third-order valence-electron chi connectivity index (χ3n) is 14.4. The topological polar surface area (TPSA) is 88.1 Å². The zero-order chi connectivity index (χ0) is 29.7. The van der Waals surface area contributed by atoms with E-state index in [1.807, 2.05) is 6.92 Å². The van der Waals surface area contributed by atoms with Gasteiger partial charge in [-0.25, -0.2) is 4.79 Å². The Hall–Kier alpha value is -1.34. The number of ether oxygens (including phenoxy) is 2. The lowest BCUT2D eigenvalue weighted by Crippen LogP contribution is -2.61. The summed E-state index contributed by atoms with van der Waals surface area (Å²) in [5, 5.41) is 13.7. The molecule has 6 rings (SSSR count). The van der Waals surface area contributed by atoms with Crippen LogP contribution in [-0.4, -0.2) is 67.6 Å². The van der Waals surface area contributed by atoms with E-state index in [9.17, 15) is 14.7 Å². The molecule has 6 aliphatic rings. The molecule has 0 aromatic carbocycles. The van der Waals surface area contributed by atoms with E-state index in [0.29, 0.717) is 29.2 Å². The van der Waals surface area contributed by atoms with Crippen LogP contribution < -0.4 is 5.32 Å². The molecule has 5 saturated carbocycles. The number of carbonyl (C=O) groups is 2. The Morgan fingerprint density at radius 1 is 0.976 bits per heavy atom. The molecule has 7 heteroatoms. The second-order valence-corrected chi connectivity index (χ2v) is 16.0. The maximum atomic E-state index is 13.0. The van der Waals surface area contributed by atoms with E-state index >= 15 is 0 Å². The van der Waals surface area contributed by atoms with Gasteiger partial charge >= 0.3 is 12.1 Å². The molecule has 11 atom stereocenters. The van der Waals surface area contributed by atoms with Crippen LogP contribution in [0.25, 0.3) is 0 Å². The standard InChI is InChI=1S/C35H58N2O5/c1-23-7-5-13-33(3)27(23)11-14-34(4)28-12-16-35(31(38)39)15-10-25(30(35)26(28)8-9-29(33)34)24(2)42-32(40)36-17-6-18-37-19-21-41-22-20-37/h23-30H,5-22H2,1-4H3,(H,36,40)(H,38,39). The lowest BCUT2D eigenvalue weighted by molar-refractivity contribution is -0.196. The highest BCUT2D eigenvalue weighted by Gasteiger charge is 2.67. The lowest BCUT2D eigenvalue weighted by atomic mass is 9.37. The van der Waals surface area contributed by atoms with E-state index in [1.165, 1.54) is 38.5 Å². The van der Waals surface area contributed by atoms with E-state index in [1.54, 1.807) is 0 Å². The number of aliphatic carboxylic acids is 1. The normalized spacial score (nSPS) is 46.0. The first kappa shape index (κ1) is 30.7. The van der Waals surface area contributed by atoms with Crippen molar-refractivity contribution in [3.8, 4) is 0 Å². The highest BCUT2D eigenvalue weighted by molar-refractivity contribution is 5.76. The Labute approximate surface area is 254 Å². The van der Waals surface area contributed by atoms with Gasteiger partial charge < -0.3 is 19.9 Å². The first-order valence-electron chi connectivity index (χ1n) is 17.6. The molecule has 2 N–H and O–H groups in total. The Kier molecular flexibility index (Phi) is 8.67. The smallest absolute Gasteiger partial charge is 0.407 e. The molecule has 0 aromatic heterocycles. The largest absolute Gasteiger partial charge is 0.481 e. The highest BCUT2D eigenvalue weighted by Crippen LogP contribution is 2.72. The molecule has 0 radical (unpaired) electrons. The average Bonchev–Trinajstić information content (AvgIpc) is 3.37. The van der Waals surface area contributed by atoms with Gasteiger partial charge in [0.2, 0.25) is 0 Å². The quantitative estimate of drug-likeness (QED) is 0.327. The zero-order valence-corrected chi connectivity index (χ0v) is 26.9. The fourth-order valence-electron chi connectivity index (χ4n) is 12.5. The molecule has 1 saturated heterocycles. The Balaban J connectivity index is 1.14. The first-order chi connectivity index (χ1) is 20.1. The number of hydrogen-bond donors (Lipinski definition) is 2. The van der Waals surface area contributed by atoms with Crippen molar-refractivity contribution < 1.29 is 24.2 Å². The van der Waals surface area contributed by atoms with Gasteiger partial charge in [0.05, 0.1) is 18.6 Å². The van der Waals surface area contributed by atoms with Crippen LogP contribution in [0, 0.1) is 57.7 Å². The van der Waals surface area contributed by atoms with E-state index in [0.717, 1.165) is 89.1 Å². The summed E-state index contributed by atoms with van der Waals surface area (Å²) in [7, 11) is 0. The minimum atomic E-state index is -0.651. The number of nitrogens with one attached hydrogen (secondary N) is 1. The van der Waals surface area contributed by atoms with Gasteiger partial charge in [-0.15, -0.1) is 0 Å². The molecule has 0 spiro atoms. The molecule has 1 aliphatic heterocycles. The van der Waals surface area contributed by atoms with Crippen LogP contribution >= 0.6 is 0 Å². The molecule has 0 bridgehead atoms. The Morgan fingerprint density at radius 2 is 1.69 bits per heavy atom. The van der Waals surface area contributed by atoms with Crippen molar-refractivity contribution in [1.29, 1.82) is 0 Å². The van der Waals surface area contributed by atoms with E-state index in [4.69, 9.17) is 9.47 Å². The minimum absolute atomic E-state index is 0.103. The molecule has 1 heterocycles. The summed E-state index contributed by atoms with van der Waals surface area (Å²) in [6, 6.07) is 0. The molecule has 11 unspecified atom stereocenters. The van der Waals surface area contributed by atoms with Crippen LogP contribution in [0.1, 0.15) is 105 Å². The van der Waals surface area contributed by atoms with Gasteiger partial charge in [0, 0.05) is 19.6 Å². The molecule has 0 aromatic rings. The summed E-state index contributed by atoms with van der Waals surface area (Å²) in [5.41, 5.74) is 0.0784. The third-order valence-corrected chi connectivity index (χ3v) is 14.4. The number of fused-ring (bicyclic) bond motifs is 7. The van der Waals surface area contributed by atoms with Gasteiger partial charge in [0.15, 0.2) is 0 Å². The van der Waals surface area contributed by atoms with E-state index in [2.05, 4.69) is 31.0 Å². The van der Waals surface area contributed by atoms with Crippen molar-refractivity contribution in [2.75, 3.05) is 39.4 Å². The molecule has 5 aliphatic carbocycles. The predicted molar refractivity (Wildman–Crippen MR) is 163 cm³/mol. The van der Waals surface area contributed by atoms with Crippen LogP contribution in [0.2, 0.25) is 0 Å². The van der Waals surface area contributed by atoms with Crippen LogP contribution in [0.4, 0.5) is 4.79 Å². The number of amides is 1. The molecular weight excluding hydrogens is 528 g/mol. The molecule has 42 heavy (non-hydrogen) atoms. The van der Waals surface area contributed by atoms with Gasteiger partial charge in [-0.3, -0.25) is 9.69 Å². The average molecular weight is 587 g/mol. The Bertz CT molecular complexity index is 1000. The second kappa shape index (κ2) is 11.9. The van der Waals surface area contributed by atoms with Gasteiger partial charge in [-0.05, 0) is 130 Å². The van der Waals surface area contributed by atoms with Gasteiger partial charge in [0.1, 0.15) is 6.10 Å². The van der Waals surface area contributed by atoms with Crippen LogP contribution in [0.3, 0.4) is 0 Å². The summed E-state index contributed by atoms with van der Waals surface area (Å²) in [6.45, 7) is 14.8. The summed E-state index contributed by atoms with van der Waals surface area (Å²) in [5.74, 6) is 3.07. The van der Waals surface area contributed by atoms with Crippen molar-refractivity contribution in [2.24, 2.45) is 57.7 Å². The number of hydrogen-bond acceptors (Lipinski definition) is 5. The van der Waals surface area contributed by atoms with Gasteiger partial charge in [-0.1, -0.05) is 33.6 Å². The van der Waals surface area contributed by atoms with Gasteiger partial charge in [0.25, 0.3) is 0 Å². The fraction of sp³-hybridized carbons (Fsp3) is 0.943. The molecule has 1 amide bonds. The predicted octanol–water partition coefficient (Wildman–Crippen LogP) is 6.60. The van der Waals surface area contributed by atoms with Crippen molar-refractivity contribution in [1.82, 2.24) is 10.2 Å². The number of carbonyl (C=O) groups excluding carboxylic acids is 1. The second-order valence-electron chi connectivity index (χ2n) is 16.0. The third kappa shape index (κ3) is 5.10. The van der Waals surface area contributed by atoms with E-state index < -0.39 is 11.4 Å². The van der Waals surface area contributed by atoms with Crippen LogP contribution in [0.15, 0.2) is 0 Å².